The van der Waals surface area contributed by atoms with Crippen LogP contribution in [0, 0.1) is 0 Å². The minimum absolute atomic E-state index is 0.0606. The quantitative estimate of drug-likeness (QED) is 0.876. The van der Waals surface area contributed by atoms with Crippen LogP contribution in [0.3, 0.4) is 0 Å². The third-order valence-corrected chi connectivity index (χ3v) is 4.22. The Labute approximate surface area is 131 Å². The van der Waals surface area contributed by atoms with Crippen molar-refractivity contribution in [3.63, 3.8) is 0 Å². The van der Waals surface area contributed by atoms with Crippen LogP contribution in [-0.2, 0) is 11.3 Å². The topological polar surface area (TPSA) is 75.4 Å². The lowest BCUT2D eigenvalue weighted by molar-refractivity contribution is -0.136. The van der Waals surface area contributed by atoms with Crippen molar-refractivity contribution in [3.05, 3.63) is 35.9 Å². The van der Waals surface area contributed by atoms with Gasteiger partial charge in [-0.3, -0.25) is 4.79 Å². The van der Waals surface area contributed by atoms with Gasteiger partial charge < -0.3 is 16.0 Å². The first-order valence-electron chi connectivity index (χ1n) is 7.98. The second-order valence-electron chi connectivity index (χ2n) is 5.97. The molecule has 1 aliphatic carbocycles. The Morgan fingerprint density at radius 2 is 1.86 bits per heavy atom. The fourth-order valence-corrected chi connectivity index (χ4v) is 3.08. The molecule has 120 valence electrons. The molecule has 1 atom stereocenters. The van der Waals surface area contributed by atoms with E-state index in [1.807, 2.05) is 35.2 Å². The number of primary amides is 1. The SMILES string of the molecule is C[C@H](NC(N)=O)C(=O)N(Cc1ccccc1)C1CCCCC1. The summed E-state index contributed by atoms with van der Waals surface area (Å²) in [6, 6.07) is 8.96. The van der Waals surface area contributed by atoms with E-state index in [9.17, 15) is 9.59 Å². The Morgan fingerprint density at radius 3 is 2.45 bits per heavy atom. The van der Waals surface area contributed by atoms with Gasteiger partial charge >= 0.3 is 6.03 Å². The Kier molecular flexibility index (Phi) is 5.81. The van der Waals surface area contributed by atoms with Gasteiger partial charge in [-0.1, -0.05) is 49.6 Å². The molecule has 1 saturated carbocycles. The molecule has 1 aromatic rings. The zero-order valence-corrected chi connectivity index (χ0v) is 13.1. The molecule has 3 amide bonds. The third kappa shape index (κ3) is 4.48. The van der Waals surface area contributed by atoms with E-state index in [1.54, 1.807) is 6.92 Å². The van der Waals surface area contributed by atoms with Crippen molar-refractivity contribution in [2.75, 3.05) is 0 Å². The number of nitrogens with two attached hydrogens (primary N) is 1. The number of amides is 3. The largest absolute Gasteiger partial charge is 0.352 e. The van der Waals surface area contributed by atoms with E-state index >= 15 is 0 Å². The van der Waals surface area contributed by atoms with Crippen LogP contribution in [-0.4, -0.2) is 28.9 Å². The number of urea groups is 1. The van der Waals surface area contributed by atoms with Crippen LogP contribution in [0.25, 0.3) is 0 Å². The normalized spacial score (nSPS) is 16.8. The second-order valence-corrected chi connectivity index (χ2v) is 5.97. The highest BCUT2D eigenvalue weighted by atomic mass is 16.2. The molecule has 0 unspecified atom stereocenters. The molecule has 1 aliphatic rings. The van der Waals surface area contributed by atoms with E-state index in [0.717, 1.165) is 31.2 Å². The van der Waals surface area contributed by atoms with Gasteiger partial charge in [-0.25, -0.2) is 4.79 Å². The zero-order chi connectivity index (χ0) is 15.9. The summed E-state index contributed by atoms with van der Waals surface area (Å²) < 4.78 is 0. The van der Waals surface area contributed by atoms with Crippen molar-refractivity contribution in [3.8, 4) is 0 Å². The van der Waals surface area contributed by atoms with Gasteiger partial charge in [0.15, 0.2) is 0 Å². The fourth-order valence-electron chi connectivity index (χ4n) is 3.08. The molecule has 5 nitrogen and oxygen atoms in total. The van der Waals surface area contributed by atoms with E-state index in [-0.39, 0.29) is 11.9 Å². The fraction of sp³-hybridized carbons (Fsp3) is 0.529. The van der Waals surface area contributed by atoms with Gasteiger partial charge in [0.1, 0.15) is 6.04 Å². The highest BCUT2D eigenvalue weighted by Gasteiger charge is 2.29. The minimum Gasteiger partial charge on any atom is -0.352 e. The molecule has 3 N–H and O–H groups in total. The smallest absolute Gasteiger partial charge is 0.312 e. The third-order valence-electron chi connectivity index (χ3n) is 4.22. The first-order valence-corrected chi connectivity index (χ1v) is 7.98. The summed E-state index contributed by atoms with van der Waals surface area (Å²) in [5.41, 5.74) is 6.25. The molecular weight excluding hydrogens is 278 g/mol. The van der Waals surface area contributed by atoms with Gasteiger partial charge in [0, 0.05) is 12.6 Å². The molecule has 0 aromatic heterocycles. The molecule has 1 fully saturated rings. The number of hydrogen-bond acceptors (Lipinski definition) is 2. The van der Waals surface area contributed by atoms with E-state index in [2.05, 4.69) is 5.32 Å². The van der Waals surface area contributed by atoms with Gasteiger partial charge in [0.05, 0.1) is 0 Å². The molecule has 0 saturated heterocycles. The molecule has 1 aromatic carbocycles. The predicted octanol–water partition coefficient (Wildman–Crippen LogP) is 2.40. The average Bonchev–Trinajstić information content (AvgIpc) is 2.53. The number of nitrogens with one attached hydrogen (secondary N) is 1. The van der Waals surface area contributed by atoms with Gasteiger partial charge in [-0.15, -0.1) is 0 Å². The van der Waals surface area contributed by atoms with Gasteiger partial charge in [-0.05, 0) is 25.3 Å². The van der Waals surface area contributed by atoms with E-state index in [0.29, 0.717) is 6.54 Å². The van der Waals surface area contributed by atoms with Gasteiger partial charge in [0.25, 0.3) is 0 Å². The summed E-state index contributed by atoms with van der Waals surface area (Å²) in [5.74, 6) is -0.0606. The zero-order valence-electron chi connectivity index (χ0n) is 13.1. The number of hydrogen-bond donors (Lipinski definition) is 2. The molecule has 5 heteroatoms. The maximum Gasteiger partial charge on any atom is 0.312 e. The van der Waals surface area contributed by atoms with Crippen molar-refractivity contribution < 1.29 is 9.59 Å². The first kappa shape index (κ1) is 16.3. The van der Waals surface area contributed by atoms with Crippen LogP contribution in [0.5, 0.6) is 0 Å². The summed E-state index contributed by atoms with van der Waals surface area (Å²) in [4.78, 5) is 25.7. The second kappa shape index (κ2) is 7.82. The predicted molar refractivity (Wildman–Crippen MR) is 86.0 cm³/mol. The van der Waals surface area contributed by atoms with Crippen LogP contribution in [0.1, 0.15) is 44.6 Å². The number of rotatable bonds is 5. The van der Waals surface area contributed by atoms with E-state index < -0.39 is 12.1 Å². The van der Waals surface area contributed by atoms with Crippen molar-refractivity contribution in [2.45, 2.75) is 57.7 Å². The lowest BCUT2D eigenvalue weighted by Crippen LogP contribution is -2.51. The Morgan fingerprint density at radius 1 is 1.23 bits per heavy atom. The Balaban J connectivity index is 2.13. The van der Waals surface area contributed by atoms with Crippen LogP contribution in [0.15, 0.2) is 30.3 Å². The number of nitrogens with zero attached hydrogens (tertiary/aromatic N) is 1. The molecule has 0 spiro atoms. The maximum atomic E-state index is 12.7. The lowest BCUT2D eigenvalue weighted by Gasteiger charge is -2.36. The maximum absolute atomic E-state index is 12.7. The van der Waals surface area contributed by atoms with E-state index in [1.165, 1.54) is 6.42 Å². The van der Waals surface area contributed by atoms with Crippen LogP contribution >= 0.6 is 0 Å². The van der Waals surface area contributed by atoms with Crippen molar-refractivity contribution in [1.82, 2.24) is 10.2 Å². The average molecular weight is 303 g/mol. The Hall–Kier alpha value is -2.04. The number of benzene rings is 1. The molecule has 0 bridgehead atoms. The van der Waals surface area contributed by atoms with Crippen molar-refractivity contribution in [2.24, 2.45) is 5.73 Å². The van der Waals surface area contributed by atoms with Crippen LogP contribution < -0.4 is 11.1 Å². The standard InChI is InChI=1S/C17H25N3O2/c1-13(19-17(18)22)16(21)20(15-10-6-3-7-11-15)12-14-8-4-2-5-9-14/h2,4-5,8-9,13,15H,3,6-7,10-12H2,1H3,(H3,18,19,22)/t13-/m0/s1. The van der Waals surface area contributed by atoms with Crippen LogP contribution in [0.2, 0.25) is 0 Å². The molecule has 0 radical (unpaired) electrons. The summed E-state index contributed by atoms with van der Waals surface area (Å²) in [5, 5.41) is 2.50. The van der Waals surface area contributed by atoms with Gasteiger partial charge in [0.2, 0.25) is 5.91 Å². The lowest BCUT2D eigenvalue weighted by atomic mass is 9.93. The van der Waals surface area contributed by atoms with Crippen molar-refractivity contribution >= 4 is 11.9 Å². The highest BCUT2D eigenvalue weighted by molar-refractivity contribution is 5.86. The summed E-state index contributed by atoms with van der Waals surface area (Å²) in [7, 11) is 0. The molecule has 2 rings (SSSR count). The summed E-state index contributed by atoms with van der Waals surface area (Å²) in [6.45, 7) is 2.27. The Bertz CT molecular complexity index is 498. The summed E-state index contributed by atoms with van der Waals surface area (Å²) >= 11 is 0. The molecule has 22 heavy (non-hydrogen) atoms. The monoisotopic (exact) mass is 303 g/mol. The number of carbonyl (C=O) groups excluding carboxylic acids is 2. The number of carbonyl (C=O) groups is 2. The molecular formula is C17H25N3O2. The summed E-state index contributed by atoms with van der Waals surface area (Å²) in [6.07, 6.45) is 5.60. The van der Waals surface area contributed by atoms with Crippen LogP contribution in [0.4, 0.5) is 4.79 Å². The molecule has 0 heterocycles. The highest BCUT2D eigenvalue weighted by Crippen LogP contribution is 2.24. The van der Waals surface area contributed by atoms with Gasteiger partial charge in [-0.2, -0.15) is 0 Å². The van der Waals surface area contributed by atoms with Crippen molar-refractivity contribution in [1.29, 1.82) is 0 Å². The van der Waals surface area contributed by atoms with E-state index in [4.69, 9.17) is 5.73 Å². The molecule has 0 aliphatic heterocycles. The first-order chi connectivity index (χ1) is 10.6. The minimum atomic E-state index is -0.663.